The summed E-state index contributed by atoms with van der Waals surface area (Å²) in [7, 11) is -2.64. The third-order valence-electron chi connectivity index (χ3n) is 5.99. The van der Waals surface area contributed by atoms with Crippen molar-refractivity contribution in [3.05, 3.63) is 126 Å². The van der Waals surface area contributed by atoms with Crippen LogP contribution in [0.2, 0.25) is 5.04 Å². The fraction of sp³-hybridized carbons (Fsp3) is 0.172. The van der Waals surface area contributed by atoms with Gasteiger partial charge in [0, 0.05) is 23.5 Å². The van der Waals surface area contributed by atoms with E-state index < -0.39 is 8.32 Å². The van der Waals surface area contributed by atoms with Gasteiger partial charge in [-0.15, -0.1) is 0 Å². The van der Waals surface area contributed by atoms with Crippen molar-refractivity contribution in [3.63, 3.8) is 0 Å². The number of hydrogen-bond acceptors (Lipinski definition) is 3. The molecule has 3 aromatic carbocycles. The summed E-state index contributed by atoms with van der Waals surface area (Å²) in [6, 6.07) is 32.5. The minimum Gasteiger partial charge on any atom is -0.403 e. The van der Waals surface area contributed by atoms with Crippen LogP contribution in [0.25, 0.3) is 0 Å². The first-order chi connectivity index (χ1) is 15.9. The highest BCUT2D eigenvalue weighted by atomic mass is 28.4. The number of ketones is 1. The van der Waals surface area contributed by atoms with Crippen LogP contribution < -0.4 is 10.4 Å². The highest BCUT2D eigenvalue weighted by Crippen LogP contribution is 2.37. The van der Waals surface area contributed by atoms with Crippen LogP contribution in [0.15, 0.2) is 109 Å². The van der Waals surface area contributed by atoms with Gasteiger partial charge >= 0.3 is 0 Å². The Morgan fingerprint density at radius 2 is 1.39 bits per heavy atom. The number of benzene rings is 3. The van der Waals surface area contributed by atoms with Crippen LogP contribution >= 0.6 is 0 Å². The van der Waals surface area contributed by atoms with Crippen LogP contribution in [0.1, 0.15) is 42.3 Å². The molecule has 1 aromatic heterocycles. The maximum absolute atomic E-state index is 12.9. The quantitative estimate of drug-likeness (QED) is 0.279. The Bertz CT molecular complexity index is 1160. The van der Waals surface area contributed by atoms with Crippen molar-refractivity contribution in [3.8, 4) is 0 Å². The molecule has 0 N–H and O–H groups in total. The van der Waals surface area contributed by atoms with Gasteiger partial charge in [-0.3, -0.25) is 9.78 Å². The van der Waals surface area contributed by atoms with Gasteiger partial charge < -0.3 is 4.43 Å². The molecule has 33 heavy (non-hydrogen) atoms. The zero-order chi connectivity index (χ0) is 23.3. The molecule has 0 radical (unpaired) electrons. The number of carbonyl (C=O) groups is 1. The van der Waals surface area contributed by atoms with E-state index in [1.54, 1.807) is 24.5 Å². The van der Waals surface area contributed by atoms with Gasteiger partial charge in [0.15, 0.2) is 5.78 Å². The molecule has 0 aliphatic carbocycles. The zero-order valence-corrected chi connectivity index (χ0v) is 20.4. The predicted molar refractivity (Wildman–Crippen MR) is 137 cm³/mol. The molecule has 0 bridgehead atoms. The predicted octanol–water partition coefficient (Wildman–Crippen LogP) is 5.39. The first kappa shape index (κ1) is 22.8. The Hall–Kier alpha value is -3.34. The SMILES string of the molecule is CC(C)(C)[Si](OCc1cccc(C(=O)c2cccnc2)c1)(c1ccccc1)c1ccccc1. The molecule has 4 aromatic rings. The van der Waals surface area contributed by atoms with E-state index >= 15 is 0 Å². The van der Waals surface area contributed by atoms with Gasteiger partial charge in [-0.1, -0.05) is 99.6 Å². The van der Waals surface area contributed by atoms with Crippen molar-refractivity contribution < 1.29 is 9.22 Å². The summed E-state index contributed by atoms with van der Waals surface area (Å²) in [5.41, 5.74) is 2.21. The molecule has 0 spiro atoms. The summed E-state index contributed by atoms with van der Waals surface area (Å²) in [4.78, 5) is 17.0. The fourth-order valence-corrected chi connectivity index (χ4v) is 8.96. The number of aromatic nitrogens is 1. The molecule has 0 unspecified atom stereocenters. The van der Waals surface area contributed by atoms with E-state index in [-0.39, 0.29) is 10.8 Å². The van der Waals surface area contributed by atoms with Crippen molar-refractivity contribution in [1.82, 2.24) is 4.98 Å². The smallest absolute Gasteiger partial charge is 0.261 e. The molecule has 0 saturated carbocycles. The molecular weight excluding hydrogens is 422 g/mol. The minimum atomic E-state index is -2.64. The van der Waals surface area contributed by atoms with E-state index in [1.165, 1.54) is 10.4 Å². The average molecular weight is 452 g/mol. The summed E-state index contributed by atoms with van der Waals surface area (Å²) < 4.78 is 7.01. The topological polar surface area (TPSA) is 39.2 Å². The summed E-state index contributed by atoms with van der Waals surface area (Å²) in [6.07, 6.45) is 3.28. The second-order valence-electron chi connectivity index (χ2n) is 9.22. The lowest BCUT2D eigenvalue weighted by Crippen LogP contribution is -2.66. The number of carbonyl (C=O) groups excluding carboxylic acids is 1. The van der Waals surface area contributed by atoms with Gasteiger partial charge in [0.2, 0.25) is 0 Å². The first-order valence-corrected chi connectivity index (χ1v) is 13.1. The highest BCUT2D eigenvalue weighted by Gasteiger charge is 2.50. The summed E-state index contributed by atoms with van der Waals surface area (Å²) in [6.45, 7) is 7.23. The van der Waals surface area contributed by atoms with Crippen molar-refractivity contribution in [1.29, 1.82) is 0 Å². The Morgan fingerprint density at radius 3 is 1.94 bits per heavy atom. The number of nitrogens with zero attached hydrogens (tertiary/aromatic N) is 1. The highest BCUT2D eigenvalue weighted by molar-refractivity contribution is 6.99. The van der Waals surface area contributed by atoms with Crippen molar-refractivity contribution >= 4 is 24.5 Å². The van der Waals surface area contributed by atoms with Crippen LogP contribution in [-0.4, -0.2) is 19.1 Å². The van der Waals surface area contributed by atoms with E-state index in [0.717, 1.165) is 5.56 Å². The lowest BCUT2D eigenvalue weighted by Gasteiger charge is -2.43. The molecule has 4 rings (SSSR count). The molecule has 1 heterocycles. The van der Waals surface area contributed by atoms with Gasteiger partial charge in [-0.25, -0.2) is 0 Å². The van der Waals surface area contributed by atoms with Crippen molar-refractivity contribution in [2.24, 2.45) is 0 Å². The van der Waals surface area contributed by atoms with Crippen LogP contribution in [-0.2, 0) is 11.0 Å². The maximum atomic E-state index is 12.9. The summed E-state index contributed by atoms with van der Waals surface area (Å²) >= 11 is 0. The monoisotopic (exact) mass is 451 g/mol. The Morgan fingerprint density at radius 1 is 0.788 bits per heavy atom. The number of hydrogen-bond donors (Lipinski definition) is 0. The molecule has 4 heteroatoms. The second kappa shape index (κ2) is 9.65. The van der Waals surface area contributed by atoms with Crippen LogP contribution in [0, 0.1) is 0 Å². The molecular formula is C29H29NO2Si. The van der Waals surface area contributed by atoms with Crippen LogP contribution in [0.4, 0.5) is 0 Å². The molecule has 0 fully saturated rings. The third kappa shape index (κ3) is 4.72. The number of pyridine rings is 1. The average Bonchev–Trinajstić information content (AvgIpc) is 2.85. The Labute approximate surface area is 197 Å². The van der Waals surface area contributed by atoms with Crippen LogP contribution in [0.5, 0.6) is 0 Å². The standard InChI is InChI=1S/C29H29NO2Si/c1-29(2,3)33(26-15-6-4-7-16-26,27-17-8-5-9-18-27)32-22-23-12-10-13-24(20-23)28(31)25-14-11-19-30-21-25/h4-21H,22H2,1-3H3. The van der Waals surface area contributed by atoms with Crippen molar-refractivity contribution in [2.45, 2.75) is 32.4 Å². The molecule has 0 aliphatic rings. The van der Waals surface area contributed by atoms with Gasteiger partial charge in [-0.05, 0) is 39.2 Å². The summed E-state index contributed by atoms with van der Waals surface area (Å²) in [5, 5.41) is 2.39. The summed E-state index contributed by atoms with van der Waals surface area (Å²) in [5.74, 6) is -0.0320. The first-order valence-electron chi connectivity index (χ1n) is 11.2. The van der Waals surface area contributed by atoms with Gasteiger partial charge in [0.05, 0.1) is 6.61 Å². The Balaban J connectivity index is 1.71. The molecule has 0 aliphatic heterocycles. The molecule has 3 nitrogen and oxygen atoms in total. The maximum Gasteiger partial charge on any atom is 0.261 e. The molecule has 166 valence electrons. The van der Waals surface area contributed by atoms with E-state index in [1.807, 2.05) is 36.4 Å². The van der Waals surface area contributed by atoms with Gasteiger partial charge in [-0.2, -0.15) is 0 Å². The minimum absolute atomic E-state index is 0.0320. The molecule has 0 atom stereocenters. The van der Waals surface area contributed by atoms with E-state index in [2.05, 4.69) is 74.3 Å². The largest absolute Gasteiger partial charge is 0.403 e. The second-order valence-corrected chi connectivity index (χ2v) is 13.5. The number of rotatable bonds is 7. The third-order valence-corrected chi connectivity index (χ3v) is 11.0. The van der Waals surface area contributed by atoms with Crippen LogP contribution in [0.3, 0.4) is 0 Å². The van der Waals surface area contributed by atoms with E-state index in [9.17, 15) is 4.79 Å². The van der Waals surface area contributed by atoms with Gasteiger partial charge in [0.25, 0.3) is 8.32 Å². The van der Waals surface area contributed by atoms with E-state index in [4.69, 9.17) is 4.43 Å². The van der Waals surface area contributed by atoms with E-state index in [0.29, 0.717) is 17.7 Å². The lowest BCUT2D eigenvalue weighted by molar-refractivity contribution is 0.103. The van der Waals surface area contributed by atoms with Gasteiger partial charge in [0.1, 0.15) is 0 Å². The normalized spacial score (nSPS) is 11.8. The van der Waals surface area contributed by atoms with Crippen molar-refractivity contribution in [2.75, 3.05) is 0 Å². The fourth-order valence-electron chi connectivity index (χ4n) is 4.42. The Kier molecular flexibility index (Phi) is 6.68. The molecule has 0 amide bonds. The zero-order valence-electron chi connectivity index (χ0n) is 19.4. The molecule has 0 saturated heterocycles. The lowest BCUT2D eigenvalue weighted by atomic mass is 10.0.